The third kappa shape index (κ3) is 4.18. The Morgan fingerprint density at radius 1 is 1.24 bits per heavy atom. The van der Waals surface area contributed by atoms with E-state index in [9.17, 15) is 30.3 Å². The second-order valence-electron chi connectivity index (χ2n) is 5.52. The number of methoxy groups -OCH3 is 1. The molecule has 1 unspecified atom stereocenters. The van der Waals surface area contributed by atoms with Gasteiger partial charge >= 0.3 is 5.97 Å². The molecule has 140 valence electrons. The number of hydrogen-bond acceptors (Lipinski definition) is 9. The second-order valence-corrected chi connectivity index (χ2v) is 5.52. The Morgan fingerprint density at radius 3 is 2.52 bits per heavy atom. The first-order valence-electron chi connectivity index (χ1n) is 7.35. The summed E-state index contributed by atoms with van der Waals surface area (Å²) in [7, 11) is 1.34. The molecule has 1 heterocycles. The van der Waals surface area contributed by atoms with Crippen molar-refractivity contribution < 1.29 is 49.6 Å². The van der Waals surface area contributed by atoms with Crippen LogP contribution in [0.25, 0.3) is 0 Å². The van der Waals surface area contributed by atoms with E-state index in [2.05, 4.69) is 0 Å². The number of carboxylic acids is 1. The summed E-state index contributed by atoms with van der Waals surface area (Å²) in [6.07, 6.45) is -9.86. The molecule has 0 aromatic heterocycles. The Bertz CT molecular complexity index is 606. The summed E-state index contributed by atoms with van der Waals surface area (Å²) in [6.45, 7) is -0.412. The number of benzene rings is 1. The average molecular weight is 360 g/mol. The number of rotatable bonds is 6. The number of aliphatic carboxylic acids is 1. The van der Waals surface area contributed by atoms with Crippen LogP contribution in [0.1, 0.15) is 11.7 Å². The van der Waals surface area contributed by atoms with Crippen molar-refractivity contribution in [3.05, 3.63) is 23.8 Å². The number of phenolic OH excluding ortho intramolecular Hbond substituents is 1. The van der Waals surface area contributed by atoms with Crippen LogP contribution in [0.5, 0.6) is 11.5 Å². The molecule has 0 spiro atoms. The van der Waals surface area contributed by atoms with E-state index in [0.29, 0.717) is 5.56 Å². The molecule has 6 atom stereocenters. The number of carboxylic acid groups (broad SMARTS) is 1. The normalized spacial score (nSPS) is 30.7. The van der Waals surface area contributed by atoms with Gasteiger partial charge in [0.2, 0.25) is 0 Å². The van der Waals surface area contributed by atoms with Crippen LogP contribution in [0.15, 0.2) is 18.2 Å². The van der Waals surface area contributed by atoms with E-state index in [1.165, 1.54) is 25.3 Å². The minimum atomic E-state index is -1.82. The highest BCUT2D eigenvalue weighted by Crippen LogP contribution is 2.30. The number of aliphatic hydroxyl groups is 4. The van der Waals surface area contributed by atoms with E-state index in [1.807, 2.05) is 0 Å². The molecular formula is C15H20O10. The van der Waals surface area contributed by atoms with Gasteiger partial charge in [-0.1, -0.05) is 6.07 Å². The Kier molecular flexibility index (Phi) is 6.16. The van der Waals surface area contributed by atoms with Gasteiger partial charge in [-0.3, -0.25) is 0 Å². The monoisotopic (exact) mass is 360 g/mol. The van der Waals surface area contributed by atoms with Gasteiger partial charge < -0.3 is 44.8 Å². The van der Waals surface area contributed by atoms with Gasteiger partial charge in [0.25, 0.3) is 0 Å². The zero-order chi connectivity index (χ0) is 18.7. The largest absolute Gasteiger partial charge is 0.504 e. The highest BCUT2D eigenvalue weighted by atomic mass is 16.7. The Labute approximate surface area is 142 Å². The lowest BCUT2D eigenvalue weighted by molar-refractivity contribution is -0.297. The summed E-state index contributed by atoms with van der Waals surface area (Å²) in [5, 5.41) is 57.7. The van der Waals surface area contributed by atoms with Crippen molar-refractivity contribution in [3.63, 3.8) is 0 Å². The summed E-state index contributed by atoms with van der Waals surface area (Å²) in [5.74, 6) is -1.52. The molecule has 6 N–H and O–H groups in total. The van der Waals surface area contributed by atoms with Gasteiger partial charge in [-0.05, 0) is 17.7 Å². The molecule has 0 saturated carbocycles. The van der Waals surface area contributed by atoms with Crippen LogP contribution in [0.4, 0.5) is 0 Å². The highest BCUT2D eigenvalue weighted by Gasteiger charge is 2.47. The minimum absolute atomic E-state index is 0.119. The molecule has 0 radical (unpaired) electrons. The zero-order valence-electron chi connectivity index (χ0n) is 13.2. The van der Waals surface area contributed by atoms with Crippen LogP contribution in [-0.4, -0.2) is 81.0 Å². The minimum Gasteiger partial charge on any atom is -0.504 e. The van der Waals surface area contributed by atoms with Gasteiger partial charge in [0.05, 0.1) is 13.7 Å². The topological polar surface area (TPSA) is 166 Å². The van der Waals surface area contributed by atoms with E-state index in [0.717, 1.165) is 0 Å². The van der Waals surface area contributed by atoms with Crippen LogP contribution in [0.2, 0.25) is 0 Å². The lowest BCUT2D eigenvalue weighted by atomic mass is 9.99. The van der Waals surface area contributed by atoms with Crippen LogP contribution >= 0.6 is 0 Å². The van der Waals surface area contributed by atoms with Crippen LogP contribution in [0.3, 0.4) is 0 Å². The fraction of sp³-hybridized carbons (Fsp3) is 0.533. The molecule has 2 rings (SSSR count). The number of hydrogen-bond donors (Lipinski definition) is 6. The summed E-state index contributed by atoms with van der Waals surface area (Å²) in [5.41, 5.74) is 0.329. The molecule has 1 aliphatic heterocycles. The molecule has 1 saturated heterocycles. The SMILES string of the molecule is COc1cc(C(O)CO[C@@H]2O[C@H](C(=O)O)[C@@H](O)[C@H](O)[C@H]2O)ccc1O. The van der Waals surface area contributed by atoms with Gasteiger partial charge in [-0.25, -0.2) is 4.79 Å². The van der Waals surface area contributed by atoms with E-state index in [1.54, 1.807) is 0 Å². The lowest BCUT2D eigenvalue weighted by Gasteiger charge is -2.38. The van der Waals surface area contributed by atoms with Gasteiger partial charge in [0.1, 0.15) is 24.4 Å². The van der Waals surface area contributed by atoms with E-state index < -0.39 is 49.4 Å². The number of aromatic hydroxyl groups is 1. The molecule has 0 amide bonds. The molecule has 1 aromatic rings. The van der Waals surface area contributed by atoms with Crippen LogP contribution in [-0.2, 0) is 14.3 Å². The number of aliphatic hydroxyl groups excluding tert-OH is 4. The van der Waals surface area contributed by atoms with Crippen molar-refractivity contribution in [1.82, 2.24) is 0 Å². The standard InChI is InChI=1S/C15H20O10/c1-23-9-4-6(2-3-7(9)16)8(17)5-24-15-12(20)10(18)11(19)13(25-15)14(21)22/h2-4,8,10-13,15-20H,5H2,1H3,(H,21,22)/t8?,10-,11-,12+,13-,15+/m0/s1. The Balaban J connectivity index is 2.02. The van der Waals surface area contributed by atoms with Crippen molar-refractivity contribution in [2.45, 2.75) is 36.8 Å². The Morgan fingerprint density at radius 2 is 1.92 bits per heavy atom. The quantitative estimate of drug-likeness (QED) is 0.346. The van der Waals surface area contributed by atoms with Gasteiger partial charge in [0.15, 0.2) is 23.9 Å². The fourth-order valence-electron chi connectivity index (χ4n) is 2.37. The average Bonchev–Trinajstić information content (AvgIpc) is 2.59. The van der Waals surface area contributed by atoms with Gasteiger partial charge in [-0.15, -0.1) is 0 Å². The lowest BCUT2D eigenvalue weighted by Crippen LogP contribution is -2.60. The third-order valence-corrected chi connectivity index (χ3v) is 3.82. The van der Waals surface area contributed by atoms with Gasteiger partial charge in [-0.2, -0.15) is 0 Å². The third-order valence-electron chi connectivity index (χ3n) is 3.82. The number of ether oxygens (including phenoxy) is 3. The zero-order valence-corrected chi connectivity index (χ0v) is 13.2. The van der Waals surface area contributed by atoms with E-state index in [4.69, 9.17) is 19.3 Å². The molecule has 1 fully saturated rings. The van der Waals surface area contributed by atoms with Crippen LogP contribution < -0.4 is 4.74 Å². The number of carbonyl (C=O) groups is 1. The molecule has 0 aliphatic carbocycles. The molecule has 1 aromatic carbocycles. The summed E-state index contributed by atoms with van der Waals surface area (Å²) >= 11 is 0. The van der Waals surface area contributed by atoms with Crippen molar-refractivity contribution in [1.29, 1.82) is 0 Å². The molecular weight excluding hydrogens is 340 g/mol. The van der Waals surface area contributed by atoms with E-state index >= 15 is 0 Å². The maximum atomic E-state index is 11.0. The molecule has 10 nitrogen and oxygen atoms in total. The first kappa shape index (κ1) is 19.4. The molecule has 10 heteroatoms. The fourth-order valence-corrected chi connectivity index (χ4v) is 2.37. The highest BCUT2D eigenvalue weighted by molar-refractivity contribution is 5.73. The summed E-state index contributed by atoms with van der Waals surface area (Å²) < 4.78 is 15.0. The predicted octanol–water partition coefficient (Wildman–Crippen LogP) is -1.66. The maximum Gasteiger partial charge on any atom is 0.335 e. The Hall–Kier alpha value is -1.95. The second kappa shape index (κ2) is 7.95. The smallest absolute Gasteiger partial charge is 0.335 e. The van der Waals surface area contributed by atoms with E-state index in [-0.39, 0.29) is 11.5 Å². The van der Waals surface area contributed by atoms with Crippen molar-refractivity contribution in [2.24, 2.45) is 0 Å². The molecule has 25 heavy (non-hydrogen) atoms. The first-order valence-corrected chi connectivity index (χ1v) is 7.35. The van der Waals surface area contributed by atoms with Crippen LogP contribution in [0, 0.1) is 0 Å². The maximum absolute atomic E-state index is 11.0. The summed E-state index contributed by atoms with van der Waals surface area (Å²) in [4.78, 5) is 11.0. The molecule has 0 bridgehead atoms. The van der Waals surface area contributed by atoms with Crippen molar-refractivity contribution in [2.75, 3.05) is 13.7 Å². The molecule has 1 aliphatic rings. The first-order chi connectivity index (χ1) is 11.8. The number of phenols is 1. The van der Waals surface area contributed by atoms with Gasteiger partial charge in [0, 0.05) is 0 Å². The van der Waals surface area contributed by atoms with Crippen molar-refractivity contribution in [3.8, 4) is 11.5 Å². The predicted molar refractivity (Wildman–Crippen MR) is 79.9 cm³/mol. The van der Waals surface area contributed by atoms with Crippen molar-refractivity contribution >= 4 is 5.97 Å². The summed E-state index contributed by atoms with van der Waals surface area (Å²) in [6, 6.07) is 4.10.